The van der Waals surface area contributed by atoms with Crippen LogP contribution in [0.4, 0.5) is 0 Å². The number of ether oxygens (including phenoxy) is 1. The lowest BCUT2D eigenvalue weighted by Gasteiger charge is -2.34. The van der Waals surface area contributed by atoms with Crippen LogP contribution in [0, 0.1) is 6.92 Å². The fourth-order valence-corrected chi connectivity index (χ4v) is 5.92. The van der Waals surface area contributed by atoms with Crippen LogP contribution in [-0.4, -0.2) is 35.0 Å². The van der Waals surface area contributed by atoms with Crippen LogP contribution in [0.5, 0.6) is 5.75 Å². The molecule has 2 atom stereocenters. The number of nitrogens with zero attached hydrogens (tertiary/aromatic N) is 2. The van der Waals surface area contributed by atoms with Gasteiger partial charge in [-0.3, -0.25) is 9.78 Å². The molecule has 4 rings (SSSR count). The molecule has 2 aromatic carbocycles. The number of sulfonamides is 1. The molecule has 0 saturated carbocycles. The Kier molecular flexibility index (Phi) is 7.00. The van der Waals surface area contributed by atoms with Crippen LogP contribution in [0.3, 0.4) is 0 Å². The second-order valence-electron chi connectivity index (χ2n) is 8.59. The molecule has 0 saturated heterocycles. The van der Waals surface area contributed by atoms with E-state index in [-0.39, 0.29) is 23.8 Å². The lowest BCUT2D eigenvalue weighted by atomic mass is 9.88. The minimum atomic E-state index is -3.74. The number of rotatable bonds is 8. The highest BCUT2D eigenvalue weighted by atomic mass is 32.2. The quantitative estimate of drug-likeness (QED) is 0.510. The van der Waals surface area contributed by atoms with Crippen molar-refractivity contribution in [1.29, 1.82) is 0 Å². The van der Waals surface area contributed by atoms with Gasteiger partial charge in [0.1, 0.15) is 10.6 Å². The van der Waals surface area contributed by atoms with Gasteiger partial charge < -0.3 is 9.84 Å². The summed E-state index contributed by atoms with van der Waals surface area (Å²) in [6.07, 6.45) is 4.19. The highest BCUT2D eigenvalue weighted by Crippen LogP contribution is 2.35. The van der Waals surface area contributed by atoms with Crippen LogP contribution in [0.25, 0.3) is 0 Å². The van der Waals surface area contributed by atoms with E-state index in [0.717, 1.165) is 22.3 Å². The predicted molar refractivity (Wildman–Crippen MR) is 128 cm³/mol. The minimum Gasteiger partial charge on any atom is -0.481 e. The smallest absolute Gasteiger partial charge is 0.303 e. The highest BCUT2D eigenvalue weighted by molar-refractivity contribution is 7.89. The van der Waals surface area contributed by atoms with Crippen LogP contribution in [-0.2, 0) is 27.8 Å². The number of hydrogen-bond donors (Lipinski definition) is 1. The first kappa shape index (κ1) is 23.9. The second kappa shape index (κ2) is 9.95. The third-order valence-corrected chi connectivity index (χ3v) is 8.17. The molecule has 1 aliphatic rings. The molecule has 1 N–H and O–H groups in total. The number of benzene rings is 2. The monoisotopic (exact) mass is 480 g/mol. The standard InChI is InChI=1S/C26H28N2O5S/c1-18-9-11-21(22(15-26(29)30)12-10-20-6-5-13-27-16-20)14-23(18)17-28-19(2)33-24-7-3-4-8-25(24)34(28,31)32/h3-9,11,13-14,16,19,22H,10,12,15,17H2,1-2H3,(H,29,30). The Hall–Kier alpha value is -3.23. The van der Waals surface area contributed by atoms with Crippen molar-refractivity contribution in [1.82, 2.24) is 9.29 Å². The summed E-state index contributed by atoms with van der Waals surface area (Å²) in [5.41, 5.74) is 3.70. The molecular formula is C26H28N2O5S. The van der Waals surface area contributed by atoms with Crippen molar-refractivity contribution in [3.8, 4) is 5.75 Å². The largest absolute Gasteiger partial charge is 0.481 e. The van der Waals surface area contributed by atoms with Crippen LogP contribution < -0.4 is 4.74 Å². The maximum absolute atomic E-state index is 13.3. The average molecular weight is 481 g/mol. The maximum atomic E-state index is 13.3. The third kappa shape index (κ3) is 5.13. The number of carbonyl (C=O) groups is 1. The van der Waals surface area contributed by atoms with Gasteiger partial charge in [-0.25, -0.2) is 8.42 Å². The minimum absolute atomic E-state index is 0.00232. The van der Waals surface area contributed by atoms with E-state index in [1.165, 1.54) is 4.31 Å². The van der Waals surface area contributed by atoms with Crippen molar-refractivity contribution in [2.45, 2.75) is 56.7 Å². The second-order valence-corrected chi connectivity index (χ2v) is 10.5. The fourth-order valence-electron chi connectivity index (χ4n) is 4.31. The van der Waals surface area contributed by atoms with Gasteiger partial charge in [0.2, 0.25) is 10.0 Å². The Labute approximate surface area is 200 Å². The molecule has 1 aliphatic heterocycles. The Bertz CT molecular complexity index is 1280. The molecule has 0 radical (unpaired) electrons. The molecule has 8 heteroatoms. The molecule has 0 bridgehead atoms. The van der Waals surface area contributed by atoms with E-state index in [4.69, 9.17) is 4.74 Å². The van der Waals surface area contributed by atoms with E-state index in [1.54, 1.807) is 43.6 Å². The van der Waals surface area contributed by atoms with Crippen LogP contribution in [0.1, 0.15) is 47.9 Å². The van der Waals surface area contributed by atoms with Gasteiger partial charge in [0, 0.05) is 18.9 Å². The summed E-state index contributed by atoms with van der Waals surface area (Å²) in [5.74, 6) is -0.714. The van der Waals surface area contributed by atoms with E-state index in [2.05, 4.69) is 4.98 Å². The van der Waals surface area contributed by atoms with E-state index in [1.807, 2.05) is 37.3 Å². The van der Waals surface area contributed by atoms with Crippen molar-refractivity contribution in [2.75, 3.05) is 0 Å². The normalized spacial score (nSPS) is 18.0. The number of hydrogen-bond acceptors (Lipinski definition) is 5. The van der Waals surface area contributed by atoms with Crippen molar-refractivity contribution in [2.24, 2.45) is 0 Å². The topological polar surface area (TPSA) is 96.8 Å². The van der Waals surface area contributed by atoms with E-state index >= 15 is 0 Å². The van der Waals surface area contributed by atoms with Crippen molar-refractivity contribution in [3.63, 3.8) is 0 Å². The van der Waals surface area contributed by atoms with Gasteiger partial charge in [0.05, 0.1) is 6.42 Å². The summed E-state index contributed by atoms with van der Waals surface area (Å²) >= 11 is 0. The number of aliphatic carboxylic acids is 1. The number of fused-ring (bicyclic) bond motifs is 1. The molecule has 0 fully saturated rings. The van der Waals surface area contributed by atoms with Crippen LogP contribution in [0.2, 0.25) is 0 Å². The van der Waals surface area contributed by atoms with E-state index in [0.29, 0.717) is 18.6 Å². The number of para-hydroxylation sites is 1. The molecule has 0 amide bonds. The molecule has 3 aromatic rings. The first-order valence-corrected chi connectivity index (χ1v) is 12.7. The zero-order chi connectivity index (χ0) is 24.3. The zero-order valence-electron chi connectivity index (χ0n) is 19.2. The molecule has 0 aliphatic carbocycles. The summed E-state index contributed by atoms with van der Waals surface area (Å²) in [5, 5.41) is 9.51. The fraction of sp³-hybridized carbons (Fsp3) is 0.308. The van der Waals surface area contributed by atoms with Gasteiger partial charge >= 0.3 is 5.97 Å². The van der Waals surface area contributed by atoms with Gasteiger partial charge in [-0.2, -0.15) is 4.31 Å². The third-order valence-electron chi connectivity index (χ3n) is 6.23. The summed E-state index contributed by atoms with van der Waals surface area (Å²) < 4.78 is 33.9. The number of aromatic nitrogens is 1. The predicted octanol–water partition coefficient (Wildman–Crippen LogP) is 4.51. The summed E-state index contributed by atoms with van der Waals surface area (Å²) in [6.45, 7) is 3.78. The van der Waals surface area contributed by atoms with Gasteiger partial charge in [-0.05, 0) is 73.1 Å². The van der Waals surface area contributed by atoms with Crippen molar-refractivity contribution in [3.05, 3.63) is 89.2 Å². The first-order chi connectivity index (χ1) is 16.3. The molecule has 0 spiro atoms. The Morgan fingerprint density at radius 2 is 1.97 bits per heavy atom. The van der Waals surface area contributed by atoms with Gasteiger partial charge in [0.15, 0.2) is 6.23 Å². The molecule has 2 unspecified atom stereocenters. The lowest BCUT2D eigenvalue weighted by molar-refractivity contribution is -0.137. The number of carboxylic acids is 1. The van der Waals surface area contributed by atoms with Gasteiger partial charge in [-0.1, -0.05) is 36.4 Å². The zero-order valence-corrected chi connectivity index (χ0v) is 20.0. The summed E-state index contributed by atoms with van der Waals surface area (Å²) in [4.78, 5) is 15.9. The molecule has 34 heavy (non-hydrogen) atoms. The highest BCUT2D eigenvalue weighted by Gasteiger charge is 2.37. The van der Waals surface area contributed by atoms with Crippen molar-refractivity contribution >= 4 is 16.0 Å². The van der Waals surface area contributed by atoms with Gasteiger partial charge in [0.25, 0.3) is 0 Å². The SMILES string of the molecule is Cc1ccc(C(CCc2cccnc2)CC(=O)O)cc1CN1C(C)Oc2ccccc2S1(=O)=O. The molecule has 2 heterocycles. The Morgan fingerprint density at radius 3 is 2.71 bits per heavy atom. The van der Waals surface area contributed by atoms with Gasteiger partial charge in [-0.15, -0.1) is 0 Å². The van der Waals surface area contributed by atoms with Crippen molar-refractivity contribution < 1.29 is 23.1 Å². The number of carboxylic acid groups (broad SMARTS) is 1. The average Bonchev–Trinajstić information content (AvgIpc) is 2.81. The maximum Gasteiger partial charge on any atom is 0.303 e. The molecule has 178 valence electrons. The number of pyridine rings is 1. The first-order valence-electron chi connectivity index (χ1n) is 11.2. The summed E-state index contributed by atoms with van der Waals surface area (Å²) in [7, 11) is -3.74. The van der Waals surface area contributed by atoms with Crippen LogP contribution in [0.15, 0.2) is 71.9 Å². The lowest BCUT2D eigenvalue weighted by Crippen LogP contribution is -2.44. The number of aryl methyl sites for hydroxylation is 2. The molecule has 1 aromatic heterocycles. The molecular weight excluding hydrogens is 452 g/mol. The van der Waals surface area contributed by atoms with Crippen LogP contribution >= 0.6 is 0 Å². The summed E-state index contributed by atoms with van der Waals surface area (Å²) in [6, 6.07) is 16.3. The van der Waals surface area contributed by atoms with E-state index < -0.39 is 22.2 Å². The van der Waals surface area contributed by atoms with E-state index in [9.17, 15) is 18.3 Å². The Morgan fingerprint density at radius 1 is 1.18 bits per heavy atom. The Balaban J connectivity index is 1.61. The molecule has 7 nitrogen and oxygen atoms in total.